The van der Waals surface area contributed by atoms with E-state index in [1.165, 1.54) is 24.2 Å². The summed E-state index contributed by atoms with van der Waals surface area (Å²) in [6.45, 7) is 2.33. The zero-order valence-electron chi connectivity index (χ0n) is 9.53. The molecule has 1 aromatic carbocycles. The van der Waals surface area contributed by atoms with E-state index in [0.717, 1.165) is 10.4 Å². The minimum absolute atomic E-state index is 0.366. The Morgan fingerprint density at radius 2 is 1.94 bits per heavy atom. The summed E-state index contributed by atoms with van der Waals surface area (Å²) < 4.78 is 1.14. The predicted octanol–water partition coefficient (Wildman–Crippen LogP) is 4.06. The van der Waals surface area contributed by atoms with Crippen molar-refractivity contribution >= 4 is 27.7 Å². The van der Waals surface area contributed by atoms with Crippen LogP contribution in [0.5, 0.6) is 0 Å². The average Bonchev–Trinajstić information content (AvgIpc) is 2.27. The first-order valence-corrected chi connectivity index (χ1v) is 7.50. The minimum atomic E-state index is 0.366. The van der Waals surface area contributed by atoms with Crippen LogP contribution in [0.4, 0.5) is 0 Å². The van der Waals surface area contributed by atoms with Crippen LogP contribution < -0.4 is 5.73 Å². The molecule has 0 amide bonds. The molecule has 0 radical (unpaired) electrons. The van der Waals surface area contributed by atoms with Crippen LogP contribution in [0.2, 0.25) is 0 Å². The molecule has 1 aliphatic rings. The van der Waals surface area contributed by atoms with Gasteiger partial charge in [0.25, 0.3) is 0 Å². The molecule has 16 heavy (non-hydrogen) atoms. The Labute approximate surface area is 110 Å². The van der Waals surface area contributed by atoms with Gasteiger partial charge in [-0.15, -0.1) is 11.8 Å². The summed E-state index contributed by atoms with van der Waals surface area (Å²) in [6, 6.07) is 8.90. The number of hydrogen-bond acceptors (Lipinski definition) is 2. The minimum Gasteiger partial charge on any atom is -0.327 e. The van der Waals surface area contributed by atoms with Gasteiger partial charge in [-0.1, -0.05) is 22.9 Å². The molecule has 1 fully saturated rings. The summed E-state index contributed by atoms with van der Waals surface area (Å²) in [5, 5.41) is 0.588. The molecule has 3 unspecified atom stereocenters. The van der Waals surface area contributed by atoms with Crippen molar-refractivity contribution < 1.29 is 0 Å². The number of hydrogen-bond donors (Lipinski definition) is 1. The van der Waals surface area contributed by atoms with Gasteiger partial charge in [0.1, 0.15) is 0 Å². The molecule has 2 rings (SSSR count). The number of thioether (sulfide) groups is 1. The van der Waals surface area contributed by atoms with Gasteiger partial charge in [0.15, 0.2) is 0 Å². The third-order valence-electron chi connectivity index (χ3n) is 3.21. The maximum absolute atomic E-state index is 6.19. The second-order valence-electron chi connectivity index (χ2n) is 4.69. The van der Waals surface area contributed by atoms with E-state index in [0.29, 0.717) is 11.3 Å². The molecule has 0 spiro atoms. The van der Waals surface area contributed by atoms with Gasteiger partial charge in [0.05, 0.1) is 0 Å². The Morgan fingerprint density at radius 3 is 2.62 bits per heavy atom. The first kappa shape index (κ1) is 12.5. The summed E-state index contributed by atoms with van der Waals surface area (Å²) in [7, 11) is 0. The Morgan fingerprint density at radius 1 is 1.25 bits per heavy atom. The lowest BCUT2D eigenvalue weighted by molar-refractivity contribution is 0.357. The fraction of sp³-hybridized carbons (Fsp3) is 0.538. The fourth-order valence-electron chi connectivity index (χ4n) is 2.18. The lowest BCUT2D eigenvalue weighted by Gasteiger charge is -2.32. The molecule has 2 N–H and O–H groups in total. The van der Waals surface area contributed by atoms with Gasteiger partial charge < -0.3 is 5.73 Å². The number of benzene rings is 1. The molecule has 0 aromatic heterocycles. The molecule has 1 saturated carbocycles. The van der Waals surface area contributed by atoms with Gasteiger partial charge in [-0.05, 0) is 49.4 Å². The van der Waals surface area contributed by atoms with Gasteiger partial charge in [0.2, 0.25) is 0 Å². The maximum Gasteiger partial charge on any atom is 0.0248 e. The molecule has 3 heteroatoms. The molecule has 0 heterocycles. The highest BCUT2D eigenvalue weighted by Crippen LogP contribution is 2.35. The fourth-order valence-corrected chi connectivity index (χ4v) is 3.82. The van der Waals surface area contributed by atoms with E-state index in [1.54, 1.807) is 0 Å². The first-order chi connectivity index (χ1) is 7.65. The molecule has 88 valence electrons. The Balaban J connectivity index is 2.00. The SMILES string of the molecule is CC1CCC(N)C(Sc2ccc(Br)cc2)C1. The largest absolute Gasteiger partial charge is 0.327 e. The van der Waals surface area contributed by atoms with Crippen LogP contribution in [0.15, 0.2) is 33.6 Å². The van der Waals surface area contributed by atoms with Crippen molar-refractivity contribution in [3.8, 4) is 0 Å². The highest BCUT2D eigenvalue weighted by Gasteiger charge is 2.26. The molecule has 1 nitrogen and oxygen atoms in total. The third kappa shape index (κ3) is 3.25. The van der Waals surface area contributed by atoms with Crippen LogP contribution in [0.25, 0.3) is 0 Å². The molecule has 0 saturated heterocycles. The summed E-state index contributed by atoms with van der Waals surface area (Å²) >= 11 is 5.40. The van der Waals surface area contributed by atoms with Gasteiger partial charge in [-0.2, -0.15) is 0 Å². The second-order valence-corrected chi connectivity index (χ2v) is 6.92. The van der Waals surface area contributed by atoms with E-state index in [4.69, 9.17) is 5.73 Å². The topological polar surface area (TPSA) is 26.0 Å². The molecular weight excluding hydrogens is 282 g/mol. The van der Waals surface area contributed by atoms with E-state index >= 15 is 0 Å². The molecule has 1 aromatic rings. The molecular formula is C13H18BrNS. The normalized spacial score (nSPS) is 30.3. The van der Waals surface area contributed by atoms with Gasteiger partial charge in [0, 0.05) is 20.7 Å². The monoisotopic (exact) mass is 299 g/mol. The van der Waals surface area contributed by atoms with Crippen molar-refractivity contribution in [1.82, 2.24) is 0 Å². The number of rotatable bonds is 2. The highest BCUT2D eigenvalue weighted by molar-refractivity contribution is 9.10. The average molecular weight is 300 g/mol. The van der Waals surface area contributed by atoms with Gasteiger partial charge >= 0.3 is 0 Å². The summed E-state index contributed by atoms with van der Waals surface area (Å²) in [4.78, 5) is 1.33. The Bertz CT molecular complexity index is 338. The zero-order valence-corrected chi connectivity index (χ0v) is 11.9. The smallest absolute Gasteiger partial charge is 0.0248 e. The van der Waals surface area contributed by atoms with Crippen molar-refractivity contribution in [1.29, 1.82) is 0 Å². The van der Waals surface area contributed by atoms with Crippen LogP contribution >= 0.6 is 27.7 Å². The van der Waals surface area contributed by atoms with Gasteiger partial charge in [-0.25, -0.2) is 0 Å². The molecule has 0 bridgehead atoms. The van der Waals surface area contributed by atoms with E-state index in [2.05, 4.69) is 47.1 Å². The number of halogens is 1. The summed E-state index contributed by atoms with van der Waals surface area (Å²) in [5.41, 5.74) is 6.19. The predicted molar refractivity (Wildman–Crippen MR) is 74.8 cm³/mol. The van der Waals surface area contributed by atoms with E-state index < -0.39 is 0 Å². The van der Waals surface area contributed by atoms with Crippen LogP contribution in [0.1, 0.15) is 26.2 Å². The van der Waals surface area contributed by atoms with Crippen LogP contribution in [-0.2, 0) is 0 Å². The van der Waals surface area contributed by atoms with Crippen LogP contribution in [-0.4, -0.2) is 11.3 Å². The van der Waals surface area contributed by atoms with Crippen molar-refractivity contribution in [3.05, 3.63) is 28.7 Å². The molecule has 1 aliphatic carbocycles. The van der Waals surface area contributed by atoms with Crippen LogP contribution in [0.3, 0.4) is 0 Å². The quantitative estimate of drug-likeness (QED) is 0.891. The van der Waals surface area contributed by atoms with Crippen molar-refractivity contribution in [2.45, 2.75) is 42.4 Å². The maximum atomic E-state index is 6.19. The van der Waals surface area contributed by atoms with E-state index in [-0.39, 0.29) is 0 Å². The zero-order chi connectivity index (χ0) is 11.5. The third-order valence-corrected chi connectivity index (χ3v) is 5.12. The standard InChI is InChI=1S/C13H18BrNS/c1-9-2-7-12(15)13(8-9)16-11-5-3-10(14)4-6-11/h3-6,9,12-13H,2,7-8,15H2,1H3. The van der Waals surface area contributed by atoms with Crippen molar-refractivity contribution in [3.63, 3.8) is 0 Å². The van der Waals surface area contributed by atoms with Crippen molar-refractivity contribution in [2.24, 2.45) is 11.7 Å². The number of nitrogens with two attached hydrogens (primary N) is 1. The van der Waals surface area contributed by atoms with Gasteiger partial charge in [-0.3, -0.25) is 0 Å². The lowest BCUT2D eigenvalue weighted by Crippen LogP contribution is -2.37. The van der Waals surface area contributed by atoms with E-state index in [1.807, 2.05) is 11.8 Å². The molecule has 0 aliphatic heterocycles. The van der Waals surface area contributed by atoms with E-state index in [9.17, 15) is 0 Å². The Hall–Kier alpha value is 0.01000. The van der Waals surface area contributed by atoms with Crippen molar-refractivity contribution in [2.75, 3.05) is 0 Å². The Kier molecular flexibility index (Phi) is 4.34. The second kappa shape index (κ2) is 5.56. The van der Waals surface area contributed by atoms with Crippen LogP contribution in [0, 0.1) is 5.92 Å². The lowest BCUT2D eigenvalue weighted by atomic mass is 9.87. The summed E-state index contributed by atoms with van der Waals surface area (Å²) in [5.74, 6) is 0.827. The highest BCUT2D eigenvalue weighted by atomic mass is 79.9. The molecule has 3 atom stereocenters. The summed E-state index contributed by atoms with van der Waals surface area (Å²) in [6.07, 6.45) is 3.72. The first-order valence-electron chi connectivity index (χ1n) is 5.83.